The van der Waals surface area contributed by atoms with E-state index < -0.39 is 37.0 Å². The molecule has 0 aliphatic rings. The van der Waals surface area contributed by atoms with Crippen molar-refractivity contribution in [2.45, 2.75) is 19.6 Å². The summed E-state index contributed by atoms with van der Waals surface area (Å²) in [4.78, 5) is 11.2. The zero-order chi connectivity index (χ0) is 20.5. The second-order valence-corrected chi connectivity index (χ2v) is 11.8. The van der Waals surface area contributed by atoms with Gasteiger partial charge in [-0.1, -0.05) is 25.6 Å². The Morgan fingerprint density at radius 3 is 2.46 bits per heavy atom. The first-order valence-corrected chi connectivity index (χ1v) is 11.8. The van der Waals surface area contributed by atoms with Crippen molar-refractivity contribution in [3.05, 3.63) is 63.9 Å². The Hall–Kier alpha value is -3.25. The number of benzene rings is 2. The van der Waals surface area contributed by atoms with Crippen molar-refractivity contribution in [2.24, 2.45) is 0 Å². The first-order valence-electron chi connectivity index (χ1n) is 8.28. The topological polar surface area (TPSA) is 70.9 Å². The molecule has 0 fully saturated rings. The summed E-state index contributed by atoms with van der Waals surface area (Å²) in [6, 6.07) is 6.19. The molecule has 0 saturated carbocycles. The van der Waals surface area contributed by atoms with Crippen molar-refractivity contribution >= 4 is 19.4 Å². The maximum absolute atomic E-state index is 14.5. The third-order valence-corrected chi connectivity index (χ3v) is 4.45. The smallest absolute Gasteiger partial charge is 0.388 e. The van der Waals surface area contributed by atoms with Gasteiger partial charge in [-0.15, -0.1) is 10.6 Å². The molecule has 0 amide bonds. The lowest BCUT2D eigenvalue weighted by molar-refractivity contribution is 0.508. The second kappa shape index (κ2) is 7.40. The molecular formula is C19H16F3N3O2Si. The van der Waals surface area contributed by atoms with Gasteiger partial charge in [-0.2, -0.15) is 0 Å². The standard InChI is InChI=1S/C19H16F3N3O2Si/c1-28(2,3)9-8-11-4-7-15(14(21)10-11)23-17-12(5-6-13(20)16(17)22)18-24-25-19(26)27-18/h4-7,10,23H,1-3H3,(H,25,26). The van der Waals surface area contributed by atoms with Crippen LogP contribution in [0.4, 0.5) is 24.5 Å². The summed E-state index contributed by atoms with van der Waals surface area (Å²) in [5.41, 5.74) is 3.05. The predicted octanol–water partition coefficient (Wildman–Crippen LogP) is 4.42. The van der Waals surface area contributed by atoms with Gasteiger partial charge in [-0.25, -0.2) is 23.1 Å². The molecule has 144 valence electrons. The van der Waals surface area contributed by atoms with Crippen LogP contribution in [-0.2, 0) is 0 Å². The van der Waals surface area contributed by atoms with Crippen LogP contribution in [0.2, 0.25) is 19.6 Å². The molecule has 0 radical (unpaired) electrons. The quantitative estimate of drug-likeness (QED) is 0.502. The summed E-state index contributed by atoms with van der Waals surface area (Å²) in [6.07, 6.45) is 0. The Bertz CT molecular complexity index is 1150. The summed E-state index contributed by atoms with van der Waals surface area (Å²) in [5, 5.41) is 8.15. The van der Waals surface area contributed by atoms with Crippen LogP contribution in [0.25, 0.3) is 11.5 Å². The molecule has 1 aromatic heterocycles. The minimum Gasteiger partial charge on any atom is -0.388 e. The number of aromatic nitrogens is 2. The van der Waals surface area contributed by atoms with E-state index in [1.54, 1.807) is 6.07 Å². The van der Waals surface area contributed by atoms with Crippen molar-refractivity contribution in [1.29, 1.82) is 0 Å². The molecule has 1 heterocycles. The first-order chi connectivity index (χ1) is 13.1. The number of hydrogen-bond acceptors (Lipinski definition) is 4. The minimum absolute atomic E-state index is 0.0424. The van der Waals surface area contributed by atoms with Crippen LogP contribution in [0.3, 0.4) is 0 Å². The van der Waals surface area contributed by atoms with Gasteiger partial charge >= 0.3 is 5.76 Å². The number of rotatable bonds is 3. The highest BCUT2D eigenvalue weighted by molar-refractivity contribution is 6.83. The molecule has 0 aliphatic heterocycles. The lowest BCUT2D eigenvalue weighted by Gasteiger charge is -2.12. The van der Waals surface area contributed by atoms with E-state index in [-0.39, 0.29) is 17.1 Å². The Morgan fingerprint density at radius 1 is 1.11 bits per heavy atom. The normalized spacial score (nSPS) is 11.1. The Labute approximate surface area is 159 Å². The molecule has 3 aromatic rings. The minimum atomic E-state index is -1.62. The van der Waals surface area contributed by atoms with Crippen LogP contribution < -0.4 is 11.1 Å². The van der Waals surface area contributed by atoms with Gasteiger partial charge in [-0.3, -0.25) is 0 Å². The van der Waals surface area contributed by atoms with Crippen LogP contribution in [0.5, 0.6) is 0 Å². The molecule has 2 N–H and O–H groups in total. The van der Waals surface area contributed by atoms with Crippen LogP contribution >= 0.6 is 0 Å². The first kappa shape index (κ1) is 19.5. The third-order valence-electron chi connectivity index (χ3n) is 3.57. The van der Waals surface area contributed by atoms with E-state index in [9.17, 15) is 18.0 Å². The van der Waals surface area contributed by atoms with Crippen LogP contribution in [-0.4, -0.2) is 18.3 Å². The zero-order valence-corrected chi connectivity index (χ0v) is 16.3. The van der Waals surface area contributed by atoms with Crippen LogP contribution in [0, 0.1) is 28.9 Å². The third kappa shape index (κ3) is 4.35. The second-order valence-electron chi connectivity index (χ2n) is 7.02. The van der Waals surface area contributed by atoms with Crippen molar-refractivity contribution in [2.75, 3.05) is 5.32 Å². The summed E-state index contributed by atoms with van der Waals surface area (Å²) in [7, 11) is -1.62. The van der Waals surface area contributed by atoms with Gasteiger partial charge in [0.25, 0.3) is 5.89 Å². The molecule has 0 bridgehead atoms. The van der Waals surface area contributed by atoms with E-state index in [0.717, 1.165) is 6.07 Å². The van der Waals surface area contributed by atoms with Crippen LogP contribution in [0.1, 0.15) is 5.56 Å². The van der Waals surface area contributed by atoms with E-state index in [2.05, 4.69) is 41.5 Å². The largest absolute Gasteiger partial charge is 0.434 e. The van der Waals surface area contributed by atoms with Gasteiger partial charge < -0.3 is 9.73 Å². The van der Waals surface area contributed by atoms with Crippen LogP contribution in [0.15, 0.2) is 39.5 Å². The molecule has 9 heteroatoms. The average molecular weight is 403 g/mol. The van der Waals surface area contributed by atoms with Crippen molar-refractivity contribution < 1.29 is 17.6 Å². The van der Waals surface area contributed by atoms with Gasteiger partial charge in [0, 0.05) is 5.56 Å². The average Bonchev–Trinajstić information content (AvgIpc) is 3.04. The number of aromatic amines is 1. The van der Waals surface area contributed by atoms with Gasteiger partial charge in [-0.05, 0) is 30.3 Å². The molecule has 0 spiro atoms. The number of hydrogen-bond donors (Lipinski definition) is 2. The number of halogens is 3. The van der Waals surface area contributed by atoms with E-state index in [4.69, 9.17) is 4.42 Å². The fourth-order valence-corrected chi connectivity index (χ4v) is 2.80. The zero-order valence-electron chi connectivity index (χ0n) is 15.3. The number of anilines is 2. The van der Waals surface area contributed by atoms with Gasteiger partial charge in [0.1, 0.15) is 13.9 Å². The highest BCUT2D eigenvalue weighted by Gasteiger charge is 2.20. The Balaban J connectivity index is 2.01. The molecule has 0 unspecified atom stereocenters. The summed E-state index contributed by atoms with van der Waals surface area (Å²) in [6.45, 7) is 6.19. The highest BCUT2D eigenvalue weighted by Crippen LogP contribution is 2.33. The van der Waals surface area contributed by atoms with Crippen molar-refractivity contribution in [3.8, 4) is 22.9 Å². The molecule has 0 saturated heterocycles. The molecule has 0 aliphatic carbocycles. The summed E-state index contributed by atoms with van der Waals surface area (Å²) >= 11 is 0. The summed E-state index contributed by atoms with van der Waals surface area (Å²) < 4.78 is 47.4. The lowest BCUT2D eigenvalue weighted by atomic mass is 10.1. The summed E-state index contributed by atoms with van der Waals surface area (Å²) in [5.74, 6) is -1.30. The monoisotopic (exact) mass is 403 g/mol. The Morgan fingerprint density at radius 2 is 1.86 bits per heavy atom. The van der Waals surface area contributed by atoms with Crippen molar-refractivity contribution in [1.82, 2.24) is 10.2 Å². The Kier molecular flexibility index (Phi) is 5.16. The SMILES string of the molecule is C[Si](C)(C)C#Cc1ccc(Nc2c(-c3n[nH]c(=O)o3)ccc(F)c2F)c(F)c1. The van der Waals surface area contributed by atoms with E-state index in [1.807, 2.05) is 5.10 Å². The molecule has 2 aromatic carbocycles. The number of nitrogens with zero attached hydrogens (tertiary/aromatic N) is 1. The molecule has 0 atom stereocenters. The fraction of sp³-hybridized carbons (Fsp3) is 0.158. The molecule has 5 nitrogen and oxygen atoms in total. The molecule has 28 heavy (non-hydrogen) atoms. The lowest BCUT2D eigenvalue weighted by Crippen LogP contribution is -2.16. The van der Waals surface area contributed by atoms with E-state index in [1.165, 1.54) is 18.2 Å². The van der Waals surface area contributed by atoms with Gasteiger partial charge in [0.15, 0.2) is 11.6 Å². The van der Waals surface area contributed by atoms with E-state index >= 15 is 0 Å². The van der Waals surface area contributed by atoms with E-state index in [0.29, 0.717) is 5.56 Å². The number of H-pyrrole nitrogens is 1. The number of nitrogens with one attached hydrogen (secondary N) is 2. The molecule has 3 rings (SSSR count). The van der Waals surface area contributed by atoms with Gasteiger partial charge in [0.05, 0.1) is 16.9 Å². The highest BCUT2D eigenvalue weighted by atomic mass is 28.3. The predicted molar refractivity (Wildman–Crippen MR) is 102 cm³/mol. The van der Waals surface area contributed by atoms with Crippen molar-refractivity contribution in [3.63, 3.8) is 0 Å². The molecular weight excluding hydrogens is 387 g/mol. The fourth-order valence-electron chi connectivity index (χ4n) is 2.28. The van der Waals surface area contributed by atoms with Gasteiger partial charge in [0.2, 0.25) is 0 Å². The maximum Gasteiger partial charge on any atom is 0.434 e. The maximum atomic E-state index is 14.5.